The molecule has 2 aliphatic heterocycles. The van der Waals surface area contributed by atoms with Crippen molar-refractivity contribution in [2.75, 3.05) is 39.9 Å². The first-order chi connectivity index (χ1) is 12.1. The summed E-state index contributed by atoms with van der Waals surface area (Å²) in [5.74, 6) is 1.59. The summed E-state index contributed by atoms with van der Waals surface area (Å²) in [6, 6.07) is 8.10. The Balaban J connectivity index is 1.42. The van der Waals surface area contributed by atoms with E-state index in [0.717, 1.165) is 63.7 Å². The van der Waals surface area contributed by atoms with Gasteiger partial charge in [0.25, 0.3) is 5.91 Å². The number of benzene rings is 1. The highest BCUT2D eigenvalue weighted by Gasteiger charge is 2.22. The lowest BCUT2D eigenvalue weighted by molar-refractivity contribution is -0.134. The Morgan fingerprint density at radius 3 is 2.48 bits per heavy atom. The van der Waals surface area contributed by atoms with Gasteiger partial charge in [0.1, 0.15) is 5.75 Å². The lowest BCUT2D eigenvalue weighted by Gasteiger charge is -2.30. The van der Waals surface area contributed by atoms with E-state index in [9.17, 15) is 4.79 Å². The maximum atomic E-state index is 12.2. The van der Waals surface area contributed by atoms with Crippen molar-refractivity contribution in [3.63, 3.8) is 0 Å². The van der Waals surface area contributed by atoms with Crippen molar-refractivity contribution >= 4 is 5.91 Å². The van der Waals surface area contributed by atoms with Crippen molar-refractivity contribution in [1.82, 2.24) is 9.80 Å². The summed E-state index contributed by atoms with van der Waals surface area (Å²) in [5, 5.41) is 0. The second kappa shape index (κ2) is 8.68. The number of likely N-dealkylation sites (tertiary alicyclic amines) is 2. The molecule has 138 valence electrons. The molecule has 1 aromatic rings. The summed E-state index contributed by atoms with van der Waals surface area (Å²) in [6.07, 6.45) is 3.67. The largest absolute Gasteiger partial charge is 0.484 e. The molecule has 2 fully saturated rings. The van der Waals surface area contributed by atoms with E-state index in [1.54, 1.807) is 7.11 Å². The number of piperidine rings is 1. The van der Waals surface area contributed by atoms with Crippen LogP contribution in [-0.2, 0) is 16.1 Å². The Labute approximate surface area is 150 Å². The van der Waals surface area contributed by atoms with Crippen LogP contribution in [0.2, 0.25) is 0 Å². The molecule has 5 nitrogen and oxygen atoms in total. The molecule has 0 aliphatic carbocycles. The average Bonchev–Trinajstić information content (AvgIpc) is 3.09. The van der Waals surface area contributed by atoms with E-state index in [1.165, 1.54) is 5.56 Å². The minimum atomic E-state index is 0.0960. The molecule has 2 aliphatic rings. The minimum absolute atomic E-state index is 0.0960. The molecule has 2 saturated heterocycles. The first kappa shape index (κ1) is 18.2. The summed E-state index contributed by atoms with van der Waals surface area (Å²) in [6.45, 7) is 7.12. The predicted molar refractivity (Wildman–Crippen MR) is 97.6 cm³/mol. The molecule has 0 radical (unpaired) electrons. The summed E-state index contributed by atoms with van der Waals surface area (Å²) in [7, 11) is 1.78. The minimum Gasteiger partial charge on any atom is -0.484 e. The van der Waals surface area contributed by atoms with Gasteiger partial charge in [0.05, 0.1) is 6.10 Å². The molecule has 0 N–H and O–H groups in total. The van der Waals surface area contributed by atoms with Crippen LogP contribution >= 0.6 is 0 Å². The summed E-state index contributed by atoms with van der Waals surface area (Å²) in [4.78, 5) is 16.5. The number of carbonyl (C=O) groups is 1. The zero-order valence-corrected chi connectivity index (χ0v) is 15.4. The second-order valence-corrected chi connectivity index (χ2v) is 7.38. The number of carbonyl (C=O) groups excluding carboxylic acids is 1. The number of hydrogen-bond acceptors (Lipinski definition) is 4. The van der Waals surface area contributed by atoms with Crippen LogP contribution in [-0.4, -0.2) is 61.7 Å². The number of ether oxygens (including phenoxy) is 2. The van der Waals surface area contributed by atoms with Crippen LogP contribution in [0.4, 0.5) is 0 Å². The van der Waals surface area contributed by atoms with Crippen molar-refractivity contribution in [3.05, 3.63) is 29.8 Å². The molecular formula is C20H30N2O3. The predicted octanol–water partition coefficient (Wildman–Crippen LogP) is 2.54. The fourth-order valence-corrected chi connectivity index (χ4v) is 3.58. The van der Waals surface area contributed by atoms with E-state index in [4.69, 9.17) is 9.47 Å². The number of hydrogen-bond donors (Lipinski definition) is 0. The van der Waals surface area contributed by atoms with Crippen LogP contribution in [0.1, 0.15) is 31.7 Å². The lowest BCUT2D eigenvalue weighted by atomic mass is 9.99. The van der Waals surface area contributed by atoms with Gasteiger partial charge in [0.2, 0.25) is 0 Å². The first-order valence-corrected chi connectivity index (χ1v) is 9.38. The van der Waals surface area contributed by atoms with Crippen LogP contribution in [0.15, 0.2) is 24.3 Å². The van der Waals surface area contributed by atoms with Gasteiger partial charge < -0.3 is 14.4 Å². The van der Waals surface area contributed by atoms with Gasteiger partial charge in [-0.25, -0.2) is 0 Å². The van der Waals surface area contributed by atoms with Gasteiger partial charge in [-0.3, -0.25) is 9.69 Å². The van der Waals surface area contributed by atoms with Gasteiger partial charge in [0, 0.05) is 39.8 Å². The van der Waals surface area contributed by atoms with Crippen molar-refractivity contribution in [2.45, 2.75) is 38.8 Å². The molecule has 1 amide bonds. The van der Waals surface area contributed by atoms with Gasteiger partial charge in [-0.05, 0) is 42.9 Å². The highest BCUT2D eigenvalue weighted by Crippen LogP contribution is 2.19. The smallest absolute Gasteiger partial charge is 0.260 e. The number of methoxy groups -OCH3 is 1. The maximum Gasteiger partial charge on any atom is 0.260 e. The molecule has 3 rings (SSSR count). The Bertz CT molecular complexity index is 553. The van der Waals surface area contributed by atoms with Crippen molar-refractivity contribution < 1.29 is 14.3 Å². The van der Waals surface area contributed by atoms with Crippen molar-refractivity contribution in [3.8, 4) is 5.75 Å². The fraction of sp³-hybridized carbons (Fsp3) is 0.650. The van der Waals surface area contributed by atoms with Crippen LogP contribution in [0.25, 0.3) is 0 Å². The molecule has 1 atom stereocenters. The zero-order valence-electron chi connectivity index (χ0n) is 15.4. The quantitative estimate of drug-likeness (QED) is 0.794. The zero-order chi connectivity index (χ0) is 17.6. The molecule has 0 unspecified atom stereocenters. The normalized spacial score (nSPS) is 22.3. The van der Waals surface area contributed by atoms with E-state index >= 15 is 0 Å². The molecule has 5 heteroatoms. The molecule has 0 aromatic heterocycles. The third kappa shape index (κ3) is 5.19. The molecule has 25 heavy (non-hydrogen) atoms. The van der Waals surface area contributed by atoms with E-state index in [2.05, 4.69) is 24.0 Å². The Kier molecular flexibility index (Phi) is 6.32. The Morgan fingerprint density at radius 2 is 1.84 bits per heavy atom. The van der Waals surface area contributed by atoms with Crippen LogP contribution in [0.3, 0.4) is 0 Å². The topological polar surface area (TPSA) is 42.0 Å². The summed E-state index contributed by atoms with van der Waals surface area (Å²) in [5.41, 5.74) is 1.26. The monoisotopic (exact) mass is 346 g/mol. The van der Waals surface area contributed by atoms with Gasteiger partial charge >= 0.3 is 0 Å². The van der Waals surface area contributed by atoms with Gasteiger partial charge in [0.15, 0.2) is 6.61 Å². The summed E-state index contributed by atoms with van der Waals surface area (Å²) < 4.78 is 11.1. The van der Waals surface area contributed by atoms with Crippen molar-refractivity contribution in [2.24, 2.45) is 5.92 Å². The van der Waals surface area contributed by atoms with E-state index in [-0.39, 0.29) is 12.5 Å². The molecule has 1 aromatic carbocycles. The standard InChI is InChI=1S/C20H30N2O3/c1-16-7-11-22(12-8-16)20(23)15-25-18-5-3-17(4-6-18)13-21-10-9-19(14-21)24-2/h3-6,16,19H,7-15H2,1-2H3/t19-/m1/s1. The Hall–Kier alpha value is -1.59. The third-order valence-corrected chi connectivity index (χ3v) is 5.39. The Morgan fingerprint density at radius 1 is 1.12 bits per heavy atom. The SMILES string of the molecule is CO[C@@H]1CCN(Cc2ccc(OCC(=O)N3CCC(C)CC3)cc2)C1. The number of rotatable bonds is 6. The second-order valence-electron chi connectivity index (χ2n) is 7.38. The average molecular weight is 346 g/mol. The highest BCUT2D eigenvalue weighted by molar-refractivity contribution is 5.77. The molecule has 0 saturated carbocycles. The first-order valence-electron chi connectivity index (χ1n) is 9.38. The highest BCUT2D eigenvalue weighted by atomic mass is 16.5. The molecule has 0 spiro atoms. The maximum absolute atomic E-state index is 12.2. The van der Waals surface area contributed by atoms with E-state index in [1.807, 2.05) is 17.0 Å². The fourth-order valence-electron chi connectivity index (χ4n) is 3.58. The van der Waals surface area contributed by atoms with Gasteiger partial charge in [-0.15, -0.1) is 0 Å². The van der Waals surface area contributed by atoms with E-state index in [0.29, 0.717) is 6.10 Å². The van der Waals surface area contributed by atoms with Crippen molar-refractivity contribution in [1.29, 1.82) is 0 Å². The molecule has 0 bridgehead atoms. The van der Waals surface area contributed by atoms with Gasteiger partial charge in [-0.1, -0.05) is 19.1 Å². The lowest BCUT2D eigenvalue weighted by Crippen LogP contribution is -2.40. The number of amides is 1. The van der Waals surface area contributed by atoms with Crippen LogP contribution in [0.5, 0.6) is 5.75 Å². The van der Waals surface area contributed by atoms with E-state index < -0.39 is 0 Å². The number of nitrogens with zero attached hydrogens (tertiary/aromatic N) is 2. The van der Waals surface area contributed by atoms with Crippen LogP contribution in [0, 0.1) is 5.92 Å². The third-order valence-electron chi connectivity index (χ3n) is 5.39. The molecular weight excluding hydrogens is 316 g/mol. The van der Waals surface area contributed by atoms with Crippen LogP contribution < -0.4 is 4.74 Å². The molecule has 2 heterocycles. The summed E-state index contributed by atoms with van der Waals surface area (Å²) >= 11 is 0. The van der Waals surface area contributed by atoms with Gasteiger partial charge in [-0.2, -0.15) is 0 Å².